The van der Waals surface area contributed by atoms with Crippen LogP contribution in [0.1, 0.15) is 30.5 Å². The van der Waals surface area contributed by atoms with Crippen LogP contribution in [-0.4, -0.2) is 0 Å². The summed E-state index contributed by atoms with van der Waals surface area (Å²) in [7, 11) is 0. The number of hydrogen-bond acceptors (Lipinski definition) is 2. The third-order valence-electron chi connectivity index (χ3n) is 4.78. The number of nitrogens with two attached hydrogens (primary N) is 1. The van der Waals surface area contributed by atoms with Gasteiger partial charge >= 0.3 is 0 Å². The van der Waals surface area contributed by atoms with Crippen molar-refractivity contribution >= 4 is 0 Å². The van der Waals surface area contributed by atoms with E-state index in [1.54, 1.807) is 0 Å². The van der Waals surface area contributed by atoms with Crippen LogP contribution in [0.5, 0.6) is 0 Å². The maximum atomic E-state index is 6.12. The fourth-order valence-corrected chi connectivity index (χ4v) is 3.33. The molecule has 0 saturated carbocycles. The number of rotatable bonds is 3. The minimum atomic E-state index is 0.338. The van der Waals surface area contributed by atoms with E-state index < -0.39 is 0 Å². The molecule has 0 aliphatic heterocycles. The van der Waals surface area contributed by atoms with Crippen molar-refractivity contribution in [1.82, 2.24) is 5.32 Å². The maximum Gasteiger partial charge on any atom is 0.0406 e. The molecular weight excluding hydrogens is 268 g/mol. The summed E-state index contributed by atoms with van der Waals surface area (Å²) in [6, 6.07) is 6.46. The van der Waals surface area contributed by atoms with Crippen molar-refractivity contribution in [3.8, 4) is 0 Å². The lowest BCUT2D eigenvalue weighted by molar-refractivity contribution is 0.765. The minimum Gasteiger partial charge on any atom is -0.399 e. The van der Waals surface area contributed by atoms with Gasteiger partial charge in [0.25, 0.3) is 0 Å². The number of nitrogens with one attached hydrogen (secondary N) is 1. The topological polar surface area (TPSA) is 38.0 Å². The Bertz CT molecular complexity index is 725. The maximum absolute atomic E-state index is 6.12. The van der Waals surface area contributed by atoms with Gasteiger partial charge in [0.15, 0.2) is 0 Å². The van der Waals surface area contributed by atoms with Gasteiger partial charge in [-0.15, -0.1) is 0 Å². The Morgan fingerprint density at radius 1 is 1.05 bits per heavy atom. The normalized spacial score (nSPS) is 20.4. The molecule has 0 fully saturated rings. The second-order valence-corrected chi connectivity index (χ2v) is 6.41. The van der Waals surface area contributed by atoms with Gasteiger partial charge in [-0.05, 0) is 67.7 Å². The zero-order valence-electron chi connectivity index (χ0n) is 13.8. The molecule has 0 bridgehead atoms. The third-order valence-corrected chi connectivity index (χ3v) is 4.78. The lowest BCUT2D eigenvalue weighted by Gasteiger charge is -2.23. The molecule has 0 aromatic heterocycles. The molecule has 2 aliphatic rings. The predicted octanol–water partition coefficient (Wildman–Crippen LogP) is 4.03. The largest absolute Gasteiger partial charge is 0.399 e. The fraction of sp³-hybridized carbons (Fsp3) is 0.300. The molecule has 3 N–H and O–H groups in total. The Morgan fingerprint density at radius 3 is 2.41 bits per heavy atom. The van der Waals surface area contributed by atoms with Gasteiger partial charge in [-0.1, -0.05) is 29.8 Å². The Hall–Kier alpha value is -2.22. The van der Waals surface area contributed by atoms with Crippen LogP contribution in [0.4, 0.5) is 0 Å². The van der Waals surface area contributed by atoms with Crippen LogP contribution in [0, 0.1) is 19.8 Å². The molecule has 1 atom stereocenters. The molecule has 1 unspecified atom stereocenters. The second-order valence-electron chi connectivity index (χ2n) is 6.41. The van der Waals surface area contributed by atoms with Crippen LogP contribution >= 0.6 is 0 Å². The van der Waals surface area contributed by atoms with Crippen LogP contribution in [0.15, 0.2) is 64.5 Å². The van der Waals surface area contributed by atoms with Crippen molar-refractivity contribution < 1.29 is 0 Å². The summed E-state index contributed by atoms with van der Waals surface area (Å²) in [5, 5.41) is 3.63. The van der Waals surface area contributed by atoms with Crippen LogP contribution in [0.2, 0.25) is 0 Å². The molecule has 0 heterocycles. The molecule has 0 radical (unpaired) electrons. The highest BCUT2D eigenvalue weighted by molar-refractivity contribution is 5.56. The first-order valence-corrected chi connectivity index (χ1v) is 7.84. The van der Waals surface area contributed by atoms with Crippen LogP contribution in [-0.2, 0) is 6.54 Å². The van der Waals surface area contributed by atoms with Gasteiger partial charge < -0.3 is 11.1 Å². The van der Waals surface area contributed by atoms with E-state index in [1.807, 2.05) is 0 Å². The highest BCUT2D eigenvalue weighted by Crippen LogP contribution is 2.38. The molecule has 1 aromatic carbocycles. The Morgan fingerprint density at radius 2 is 1.73 bits per heavy atom. The molecule has 0 amide bonds. The molecule has 2 aliphatic carbocycles. The van der Waals surface area contributed by atoms with E-state index in [0.29, 0.717) is 5.92 Å². The molecule has 22 heavy (non-hydrogen) atoms. The molecule has 0 saturated heterocycles. The van der Waals surface area contributed by atoms with Gasteiger partial charge in [-0.3, -0.25) is 0 Å². The molecular formula is C20H24N2. The quantitative estimate of drug-likeness (QED) is 0.883. The van der Waals surface area contributed by atoms with Crippen molar-refractivity contribution in [3.63, 3.8) is 0 Å². The molecule has 2 heteroatoms. The van der Waals surface area contributed by atoms with Crippen molar-refractivity contribution in [1.29, 1.82) is 0 Å². The van der Waals surface area contributed by atoms with Gasteiger partial charge in [-0.2, -0.15) is 0 Å². The van der Waals surface area contributed by atoms with Crippen LogP contribution in [0.3, 0.4) is 0 Å². The predicted molar refractivity (Wildman–Crippen MR) is 93.1 cm³/mol. The summed E-state index contributed by atoms with van der Waals surface area (Å²) in [4.78, 5) is 0. The molecule has 3 rings (SSSR count). The van der Waals surface area contributed by atoms with Gasteiger partial charge in [-0.25, -0.2) is 0 Å². The summed E-state index contributed by atoms with van der Waals surface area (Å²) < 4.78 is 0. The van der Waals surface area contributed by atoms with Crippen molar-refractivity contribution in [2.75, 3.05) is 0 Å². The van der Waals surface area contributed by atoms with E-state index in [4.69, 9.17) is 5.73 Å². The number of aryl methyl sites for hydroxylation is 2. The lowest BCUT2D eigenvalue weighted by Crippen LogP contribution is -2.20. The Labute approximate surface area is 133 Å². The summed E-state index contributed by atoms with van der Waals surface area (Å²) in [5.74, 6) is 0.338. The standard InChI is InChI=1S/C20H24N2/c1-12-8-16-15(4)19(21)10-17(16)20(9-12)22-11-18-13(2)6-5-7-14(18)3/h5-10,16,22H,11,21H2,1-4H3. The number of benzene rings is 1. The summed E-state index contributed by atoms with van der Waals surface area (Å²) in [5.41, 5.74) is 16.1. The van der Waals surface area contributed by atoms with Gasteiger partial charge in [0.1, 0.15) is 0 Å². The molecule has 2 nitrogen and oxygen atoms in total. The zero-order chi connectivity index (χ0) is 15.9. The molecule has 1 aromatic rings. The van der Waals surface area contributed by atoms with E-state index in [0.717, 1.165) is 12.2 Å². The minimum absolute atomic E-state index is 0.338. The van der Waals surface area contributed by atoms with Gasteiger partial charge in [0.2, 0.25) is 0 Å². The van der Waals surface area contributed by atoms with Crippen molar-refractivity contribution in [2.45, 2.75) is 34.2 Å². The highest BCUT2D eigenvalue weighted by atomic mass is 14.9. The average Bonchev–Trinajstić information content (AvgIpc) is 2.74. The van der Waals surface area contributed by atoms with E-state index in [9.17, 15) is 0 Å². The van der Waals surface area contributed by atoms with Crippen LogP contribution in [0.25, 0.3) is 0 Å². The van der Waals surface area contributed by atoms with Gasteiger partial charge in [0, 0.05) is 23.9 Å². The Kier molecular flexibility index (Phi) is 3.69. The second kappa shape index (κ2) is 5.53. The average molecular weight is 292 g/mol. The van der Waals surface area contributed by atoms with Crippen molar-refractivity contribution in [2.24, 2.45) is 11.7 Å². The SMILES string of the molecule is CC1=CC2C(=CC(N)=C2C)C(NCc2c(C)cccc2C)=C1. The Balaban J connectivity index is 1.84. The van der Waals surface area contributed by atoms with Crippen LogP contribution < -0.4 is 11.1 Å². The first kappa shape index (κ1) is 14.7. The van der Waals surface area contributed by atoms with E-state index in [-0.39, 0.29) is 0 Å². The first-order valence-electron chi connectivity index (χ1n) is 7.84. The lowest BCUT2D eigenvalue weighted by atomic mass is 9.87. The number of fused-ring (bicyclic) bond motifs is 1. The number of allylic oxidation sites excluding steroid dienone is 6. The summed E-state index contributed by atoms with van der Waals surface area (Å²) >= 11 is 0. The molecule has 0 spiro atoms. The third kappa shape index (κ3) is 2.50. The van der Waals surface area contributed by atoms with E-state index in [2.05, 4.69) is 69.4 Å². The monoisotopic (exact) mass is 292 g/mol. The van der Waals surface area contributed by atoms with Gasteiger partial charge in [0.05, 0.1) is 0 Å². The smallest absolute Gasteiger partial charge is 0.0406 e. The van der Waals surface area contributed by atoms with E-state index in [1.165, 1.54) is 39.1 Å². The fourth-order valence-electron chi connectivity index (χ4n) is 3.33. The summed E-state index contributed by atoms with van der Waals surface area (Å²) in [6.45, 7) is 9.47. The van der Waals surface area contributed by atoms with Crippen molar-refractivity contribution in [3.05, 3.63) is 81.2 Å². The van der Waals surface area contributed by atoms with E-state index >= 15 is 0 Å². The highest BCUT2D eigenvalue weighted by Gasteiger charge is 2.27. The first-order chi connectivity index (χ1) is 10.5. The summed E-state index contributed by atoms with van der Waals surface area (Å²) in [6.07, 6.45) is 6.64. The number of hydrogen-bond donors (Lipinski definition) is 2. The zero-order valence-corrected chi connectivity index (χ0v) is 13.8. The molecule has 114 valence electrons.